The lowest BCUT2D eigenvalue weighted by molar-refractivity contribution is -0.147. The second-order valence-electron chi connectivity index (χ2n) is 8.40. The lowest BCUT2D eigenvalue weighted by Crippen LogP contribution is -2.21. The number of hydrogen-bond acceptors (Lipinski definition) is 4. The summed E-state index contributed by atoms with van der Waals surface area (Å²) in [7, 11) is 0. The van der Waals surface area contributed by atoms with Gasteiger partial charge in [-0.1, -0.05) is 49.8 Å². The Bertz CT molecular complexity index is 865. The molecule has 1 aliphatic rings. The second-order valence-corrected chi connectivity index (χ2v) is 8.40. The molecule has 0 spiro atoms. The zero-order chi connectivity index (χ0) is 21.5. The van der Waals surface area contributed by atoms with Crippen LogP contribution in [0.5, 0.6) is 0 Å². The Morgan fingerprint density at radius 2 is 1.80 bits per heavy atom. The molecule has 3 rings (SSSR count). The van der Waals surface area contributed by atoms with Crippen molar-refractivity contribution in [2.45, 2.75) is 72.1 Å². The van der Waals surface area contributed by atoms with Gasteiger partial charge in [0.1, 0.15) is 0 Å². The highest BCUT2D eigenvalue weighted by Crippen LogP contribution is 2.27. The van der Waals surface area contributed by atoms with Crippen molar-refractivity contribution in [2.24, 2.45) is 5.92 Å². The van der Waals surface area contributed by atoms with Gasteiger partial charge in [0.25, 0.3) is 5.91 Å². The van der Waals surface area contributed by atoms with E-state index in [9.17, 15) is 9.59 Å². The zero-order valence-corrected chi connectivity index (χ0v) is 18.4. The maximum atomic E-state index is 12.3. The molecule has 1 amide bonds. The largest absolute Gasteiger partial charge is 0.456 e. The Kier molecular flexibility index (Phi) is 7.66. The number of amides is 1. The van der Waals surface area contributed by atoms with Crippen LogP contribution in [-0.2, 0) is 14.3 Å². The minimum atomic E-state index is -0.342. The minimum Gasteiger partial charge on any atom is -0.456 e. The maximum Gasteiger partial charge on any atom is 0.306 e. The van der Waals surface area contributed by atoms with Crippen molar-refractivity contribution in [3.63, 3.8) is 0 Å². The molecule has 30 heavy (non-hydrogen) atoms. The molecule has 2 aromatic rings. The van der Waals surface area contributed by atoms with Gasteiger partial charge in [0.15, 0.2) is 6.61 Å². The molecule has 1 aromatic carbocycles. The molecule has 1 fully saturated rings. The zero-order valence-electron chi connectivity index (χ0n) is 18.4. The standard InChI is InChI=1S/C24H33N3O3/c1-17-12-14-21(15-13-17)27-19(3)24(18(2)26-27)25-22(28)16-30-23(29)11-7-10-20-8-5-4-6-9-20/h12-15,20H,4-11,16H2,1-3H3,(H,25,28). The summed E-state index contributed by atoms with van der Waals surface area (Å²) in [5.41, 5.74) is 4.33. The van der Waals surface area contributed by atoms with Gasteiger partial charge in [-0.3, -0.25) is 9.59 Å². The van der Waals surface area contributed by atoms with Gasteiger partial charge in [0.05, 0.1) is 22.8 Å². The fourth-order valence-corrected chi connectivity index (χ4v) is 4.17. The van der Waals surface area contributed by atoms with Crippen molar-refractivity contribution >= 4 is 17.6 Å². The van der Waals surface area contributed by atoms with E-state index in [1.165, 1.54) is 37.7 Å². The third-order valence-electron chi connectivity index (χ3n) is 5.92. The van der Waals surface area contributed by atoms with Crippen LogP contribution in [0.1, 0.15) is 68.3 Å². The van der Waals surface area contributed by atoms with E-state index in [2.05, 4.69) is 10.4 Å². The SMILES string of the molecule is Cc1ccc(-n2nc(C)c(NC(=O)COC(=O)CCCC3CCCCC3)c2C)cc1. The maximum absolute atomic E-state index is 12.3. The van der Waals surface area contributed by atoms with Crippen LogP contribution in [0.15, 0.2) is 24.3 Å². The lowest BCUT2D eigenvalue weighted by Gasteiger charge is -2.20. The first-order valence-corrected chi connectivity index (χ1v) is 11.0. The number of carbonyl (C=O) groups excluding carboxylic acids is 2. The quantitative estimate of drug-likeness (QED) is 0.618. The summed E-state index contributed by atoms with van der Waals surface area (Å²) in [6, 6.07) is 8.04. The molecule has 0 bridgehead atoms. The summed E-state index contributed by atoms with van der Waals surface area (Å²) in [5.74, 6) is 0.112. The van der Waals surface area contributed by atoms with E-state index < -0.39 is 0 Å². The molecule has 0 atom stereocenters. The van der Waals surface area contributed by atoms with Crippen molar-refractivity contribution in [3.8, 4) is 5.69 Å². The average Bonchev–Trinajstić information content (AvgIpc) is 3.02. The van der Waals surface area contributed by atoms with Gasteiger partial charge in [0.2, 0.25) is 0 Å². The van der Waals surface area contributed by atoms with Crippen molar-refractivity contribution < 1.29 is 14.3 Å². The number of aryl methyl sites for hydroxylation is 2. The van der Waals surface area contributed by atoms with Crippen LogP contribution < -0.4 is 5.32 Å². The number of rotatable bonds is 8. The van der Waals surface area contributed by atoms with Crippen molar-refractivity contribution in [1.29, 1.82) is 0 Å². The number of nitrogens with one attached hydrogen (secondary N) is 1. The first kappa shape index (κ1) is 22.1. The molecule has 1 saturated carbocycles. The smallest absolute Gasteiger partial charge is 0.306 e. The number of carbonyl (C=O) groups is 2. The molecule has 0 radical (unpaired) electrons. The van der Waals surface area contributed by atoms with E-state index in [0.29, 0.717) is 12.1 Å². The molecule has 1 N–H and O–H groups in total. The van der Waals surface area contributed by atoms with Crippen LogP contribution in [-0.4, -0.2) is 28.3 Å². The fraction of sp³-hybridized carbons (Fsp3) is 0.542. The second kappa shape index (κ2) is 10.4. The Hall–Kier alpha value is -2.63. The number of ether oxygens (including phenoxy) is 1. The van der Waals surface area contributed by atoms with Crippen LogP contribution in [0.3, 0.4) is 0 Å². The molecule has 1 aliphatic carbocycles. The van der Waals surface area contributed by atoms with Gasteiger partial charge < -0.3 is 10.1 Å². The van der Waals surface area contributed by atoms with Crippen LogP contribution >= 0.6 is 0 Å². The minimum absolute atomic E-state index is 0.267. The average molecular weight is 412 g/mol. The first-order valence-electron chi connectivity index (χ1n) is 11.0. The molecule has 1 aromatic heterocycles. The van der Waals surface area contributed by atoms with Crippen molar-refractivity contribution in [3.05, 3.63) is 41.2 Å². The van der Waals surface area contributed by atoms with Gasteiger partial charge in [0, 0.05) is 6.42 Å². The number of anilines is 1. The highest BCUT2D eigenvalue weighted by Gasteiger charge is 2.17. The van der Waals surface area contributed by atoms with E-state index in [1.807, 2.05) is 49.7 Å². The third kappa shape index (κ3) is 5.94. The molecule has 0 unspecified atom stereocenters. The Morgan fingerprint density at radius 1 is 1.10 bits per heavy atom. The Morgan fingerprint density at radius 3 is 2.50 bits per heavy atom. The summed E-state index contributed by atoms with van der Waals surface area (Å²) >= 11 is 0. The summed E-state index contributed by atoms with van der Waals surface area (Å²) in [5, 5.41) is 7.38. The number of hydrogen-bond donors (Lipinski definition) is 1. The Labute approximate surface area is 179 Å². The monoisotopic (exact) mass is 411 g/mol. The molecule has 6 nitrogen and oxygen atoms in total. The molecule has 1 heterocycles. The first-order chi connectivity index (χ1) is 14.4. The van der Waals surface area contributed by atoms with Crippen molar-refractivity contribution in [2.75, 3.05) is 11.9 Å². The summed E-state index contributed by atoms with van der Waals surface area (Å²) in [6.07, 6.45) is 8.84. The van der Waals surface area contributed by atoms with Gasteiger partial charge in [-0.15, -0.1) is 0 Å². The van der Waals surface area contributed by atoms with E-state index >= 15 is 0 Å². The molecule has 6 heteroatoms. The van der Waals surface area contributed by atoms with Gasteiger partial charge >= 0.3 is 5.97 Å². The number of aromatic nitrogens is 2. The summed E-state index contributed by atoms with van der Waals surface area (Å²) < 4.78 is 6.98. The molecular weight excluding hydrogens is 378 g/mol. The number of nitrogens with zero attached hydrogens (tertiary/aromatic N) is 2. The molecule has 0 aliphatic heterocycles. The lowest BCUT2D eigenvalue weighted by atomic mass is 9.86. The topological polar surface area (TPSA) is 73.2 Å². The van der Waals surface area contributed by atoms with E-state index in [0.717, 1.165) is 35.8 Å². The highest BCUT2D eigenvalue weighted by atomic mass is 16.5. The summed E-state index contributed by atoms with van der Waals surface area (Å²) in [4.78, 5) is 24.3. The van der Waals surface area contributed by atoms with E-state index in [1.54, 1.807) is 0 Å². The highest BCUT2D eigenvalue weighted by molar-refractivity contribution is 5.93. The molecule has 0 saturated heterocycles. The molecular formula is C24H33N3O3. The summed E-state index contributed by atoms with van der Waals surface area (Å²) in [6.45, 7) is 5.53. The normalized spacial score (nSPS) is 14.5. The van der Waals surface area contributed by atoms with E-state index in [4.69, 9.17) is 4.74 Å². The van der Waals surface area contributed by atoms with Crippen LogP contribution in [0, 0.1) is 26.7 Å². The predicted molar refractivity (Wildman–Crippen MR) is 118 cm³/mol. The van der Waals surface area contributed by atoms with Gasteiger partial charge in [-0.2, -0.15) is 5.10 Å². The Balaban J connectivity index is 1.46. The van der Waals surface area contributed by atoms with Crippen LogP contribution in [0.25, 0.3) is 5.69 Å². The van der Waals surface area contributed by atoms with Gasteiger partial charge in [-0.05, 0) is 51.7 Å². The number of benzene rings is 1. The van der Waals surface area contributed by atoms with Crippen molar-refractivity contribution in [1.82, 2.24) is 9.78 Å². The van der Waals surface area contributed by atoms with E-state index in [-0.39, 0.29) is 18.5 Å². The fourth-order valence-electron chi connectivity index (χ4n) is 4.17. The third-order valence-corrected chi connectivity index (χ3v) is 5.92. The number of esters is 1. The van der Waals surface area contributed by atoms with Gasteiger partial charge in [-0.25, -0.2) is 4.68 Å². The molecule has 162 valence electrons. The van der Waals surface area contributed by atoms with Crippen LogP contribution in [0.2, 0.25) is 0 Å². The predicted octanol–water partition coefficient (Wildman–Crippen LogP) is 5.03. The van der Waals surface area contributed by atoms with Crippen LogP contribution in [0.4, 0.5) is 5.69 Å².